The fourth-order valence-electron chi connectivity index (χ4n) is 5.03. The molecule has 0 unspecified atom stereocenters. The normalized spacial score (nSPS) is 10.8. The van der Waals surface area contributed by atoms with E-state index in [1.165, 1.54) is 113 Å². The highest BCUT2D eigenvalue weighted by atomic mass is 16.6. The van der Waals surface area contributed by atoms with Crippen LogP contribution in [0.4, 0.5) is 17.1 Å². The fourth-order valence-corrected chi connectivity index (χ4v) is 5.03. The van der Waals surface area contributed by atoms with E-state index in [-0.39, 0.29) is 28.4 Å². The van der Waals surface area contributed by atoms with Crippen molar-refractivity contribution in [3.05, 3.63) is 98.1 Å². The molecule has 0 atom stereocenters. The summed E-state index contributed by atoms with van der Waals surface area (Å²) in [5, 5.41) is 25.4. The number of benzene rings is 3. The van der Waals surface area contributed by atoms with Gasteiger partial charge >= 0.3 is 5.69 Å². The van der Waals surface area contributed by atoms with Gasteiger partial charge in [0.05, 0.1) is 9.85 Å². The maximum atomic E-state index is 12.6. The van der Waals surface area contributed by atoms with Crippen LogP contribution in [0.3, 0.4) is 0 Å². The maximum absolute atomic E-state index is 12.6. The van der Waals surface area contributed by atoms with Gasteiger partial charge in [0.25, 0.3) is 11.6 Å². The van der Waals surface area contributed by atoms with Gasteiger partial charge < -0.3 is 10.1 Å². The standard InChI is InChI=1S/C34H43N3O6/c1-2-3-4-5-6-7-8-9-10-11-12-13-14-17-27-18-15-21-31(24-27)43-33-23-22-29(26-32(33)37(41)42)35-34(38)28-19-16-20-30(25-28)36(39)40/h15-16,18-26H,2-14,17H2,1H3,(H,35,38). The van der Waals surface area contributed by atoms with Crippen LogP contribution >= 0.6 is 0 Å². The molecule has 0 saturated carbocycles. The first kappa shape index (κ1) is 33.2. The van der Waals surface area contributed by atoms with Crippen molar-refractivity contribution in [2.75, 3.05) is 5.32 Å². The molecule has 3 rings (SSSR count). The van der Waals surface area contributed by atoms with E-state index in [4.69, 9.17) is 4.74 Å². The van der Waals surface area contributed by atoms with Crippen molar-refractivity contribution in [3.63, 3.8) is 0 Å². The van der Waals surface area contributed by atoms with Gasteiger partial charge in [-0.1, -0.05) is 102 Å². The molecule has 0 bridgehead atoms. The fraction of sp³-hybridized carbons (Fsp3) is 0.441. The topological polar surface area (TPSA) is 125 Å². The quantitative estimate of drug-likeness (QED) is 0.0794. The number of carbonyl (C=O) groups excluding carboxylic acids is 1. The Morgan fingerprint density at radius 2 is 1.35 bits per heavy atom. The number of amides is 1. The molecule has 0 heterocycles. The Kier molecular flexibility index (Phi) is 14.1. The molecule has 1 N–H and O–H groups in total. The lowest BCUT2D eigenvalue weighted by molar-refractivity contribution is -0.385. The zero-order chi connectivity index (χ0) is 30.9. The lowest BCUT2D eigenvalue weighted by Gasteiger charge is -2.10. The molecule has 9 heteroatoms. The molecule has 43 heavy (non-hydrogen) atoms. The summed E-state index contributed by atoms with van der Waals surface area (Å²) in [6.07, 6.45) is 17.9. The van der Waals surface area contributed by atoms with Gasteiger partial charge in [-0.05, 0) is 48.7 Å². The van der Waals surface area contributed by atoms with Crippen LogP contribution in [0.2, 0.25) is 0 Å². The van der Waals surface area contributed by atoms with Crippen molar-refractivity contribution in [2.24, 2.45) is 0 Å². The molecule has 0 saturated heterocycles. The molecule has 1 amide bonds. The third-order valence-corrected chi connectivity index (χ3v) is 7.43. The van der Waals surface area contributed by atoms with Gasteiger partial charge in [-0.2, -0.15) is 0 Å². The number of non-ortho nitro benzene ring substituents is 1. The van der Waals surface area contributed by atoms with Crippen molar-refractivity contribution in [1.82, 2.24) is 0 Å². The molecule has 0 aliphatic rings. The van der Waals surface area contributed by atoms with E-state index in [1.807, 2.05) is 18.2 Å². The summed E-state index contributed by atoms with van der Waals surface area (Å²) in [7, 11) is 0. The van der Waals surface area contributed by atoms with E-state index in [2.05, 4.69) is 12.2 Å². The molecular formula is C34H43N3O6. The predicted octanol–water partition coefficient (Wildman–Crippen LogP) is 10.2. The highest BCUT2D eigenvalue weighted by Crippen LogP contribution is 2.34. The zero-order valence-corrected chi connectivity index (χ0v) is 25.1. The van der Waals surface area contributed by atoms with Gasteiger partial charge in [-0.25, -0.2) is 0 Å². The lowest BCUT2D eigenvalue weighted by Crippen LogP contribution is -2.12. The second-order valence-corrected chi connectivity index (χ2v) is 10.9. The number of hydrogen-bond donors (Lipinski definition) is 1. The van der Waals surface area contributed by atoms with E-state index in [0.717, 1.165) is 24.5 Å². The number of nitrogens with one attached hydrogen (secondary N) is 1. The zero-order valence-electron chi connectivity index (χ0n) is 25.1. The number of aryl methyl sites for hydroxylation is 1. The number of nitro benzene ring substituents is 2. The summed E-state index contributed by atoms with van der Waals surface area (Å²) in [5.74, 6) is -0.0623. The van der Waals surface area contributed by atoms with Crippen LogP contribution in [0.25, 0.3) is 0 Å². The number of nitro groups is 2. The van der Waals surface area contributed by atoms with E-state index >= 15 is 0 Å². The van der Waals surface area contributed by atoms with Gasteiger partial charge in [0.1, 0.15) is 5.75 Å². The molecule has 0 radical (unpaired) electrons. The van der Waals surface area contributed by atoms with E-state index in [0.29, 0.717) is 5.75 Å². The Morgan fingerprint density at radius 1 is 0.721 bits per heavy atom. The first-order valence-corrected chi connectivity index (χ1v) is 15.5. The molecule has 0 aromatic heterocycles. The first-order valence-electron chi connectivity index (χ1n) is 15.5. The van der Waals surface area contributed by atoms with Crippen LogP contribution in [-0.4, -0.2) is 15.8 Å². The van der Waals surface area contributed by atoms with Crippen LogP contribution in [0.1, 0.15) is 106 Å². The average molecular weight is 590 g/mol. The second-order valence-electron chi connectivity index (χ2n) is 10.9. The van der Waals surface area contributed by atoms with Gasteiger partial charge in [0.2, 0.25) is 5.75 Å². The number of unbranched alkanes of at least 4 members (excludes halogenated alkanes) is 12. The molecule has 0 aliphatic carbocycles. The molecule has 0 aliphatic heterocycles. The molecule has 3 aromatic carbocycles. The van der Waals surface area contributed by atoms with Crippen molar-refractivity contribution in [3.8, 4) is 11.5 Å². The van der Waals surface area contributed by atoms with Gasteiger partial charge in [0, 0.05) is 29.4 Å². The Hall–Kier alpha value is -4.27. The Labute approximate surface area is 254 Å². The van der Waals surface area contributed by atoms with Gasteiger partial charge in [-0.15, -0.1) is 0 Å². The smallest absolute Gasteiger partial charge is 0.313 e. The van der Waals surface area contributed by atoms with E-state index in [1.54, 1.807) is 6.07 Å². The summed E-state index contributed by atoms with van der Waals surface area (Å²) in [4.78, 5) is 34.2. The number of anilines is 1. The molecule has 0 fully saturated rings. The Balaban J connectivity index is 1.45. The third-order valence-electron chi connectivity index (χ3n) is 7.43. The Bertz CT molecular complexity index is 1340. The minimum atomic E-state index is -0.618. The maximum Gasteiger partial charge on any atom is 0.313 e. The van der Waals surface area contributed by atoms with E-state index < -0.39 is 15.8 Å². The van der Waals surface area contributed by atoms with Crippen LogP contribution in [-0.2, 0) is 6.42 Å². The number of rotatable bonds is 20. The summed E-state index contributed by atoms with van der Waals surface area (Å²) in [6, 6.07) is 17.0. The Morgan fingerprint density at radius 3 is 1.98 bits per heavy atom. The first-order chi connectivity index (χ1) is 20.9. The summed E-state index contributed by atoms with van der Waals surface area (Å²) < 4.78 is 5.89. The molecule has 3 aromatic rings. The minimum Gasteiger partial charge on any atom is -0.450 e. The van der Waals surface area contributed by atoms with E-state index in [9.17, 15) is 25.0 Å². The van der Waals surface area contributed by atoms with Crippen LogP contribution in [0, 0.1) is 20.2 Å². The number of ether oxygens (including phenoxy) is 1. The lowest BCUT2D eigenvalue weighted by atomic mass is 10.0. The minimum absolute atomic E-state index is 0.0523. The van der Waals surface area contributed by atoms with Crippen LogP contribution in [0.15, 0.2) is 66.7 Å². The van der Waals surface area contributed by atoms with Gasteiger partial charge in [0.15, 0.2) is 0 Å². The largest absolute Gasteiger partial charge is 0.450 e. The van der Waals surface area contributed by atoms with Crippen LogP contribution < -0.4 is 10.1 Å². The second kappa shape index (κ2) is 18.3. The highest BCUT2D eigenvalue weighted by molar-refractivity contribution is 6.04. The monoisotopic (exact) mass is 589 g/mol. The molecular weight excluding hydrogens is 546 g/mol. The molecule has 0 spiro atoms. The van der Waals surface area contributed by atoms with Crippen molar-refractivity contribution < 1.29 is 19.4 Å². The van der Waals surface area contributed by atoms with Crippen molar-refractivity contribution >= 4 is 23.0 Å². The summed E-state index contributed by atoms with van der Waals surface area (Å²) in [5.41, 5.74) is 0.825. The van der Waals surface area contributed by atoms with Crippen molar-refractivity contribution in [2.45, 2.75) is 96.8 Å². The molecule has 230 valence electrons. The number of hydrogen-bond acceptors (Lipinski definition) is 6. The summed E-state index contributed by atoms with van der Waals surface area (Å²) >= 11 is 0. The van der Waals surface area contributed by atoms with Crippen LogP contribution in [0.5, 0.6) is 11.5 Å². The number of nitrogens with zero attached hydrogens (tertiary/aromatic N) is 2. The predicted molar refractivity (Wildman–Crippen MR) is 170 cm³/mol. The molecule has 9 nitrogen and oxygen atoms in total. The SMILES string of the molecule is CCCCCCCCCCCCCCCc1cccc(Oc2ccc(NC(=O)c3cccc([N+](=O)[O-])c3)cc2[N+](=O)[O-])c1. The third kappa shape index (κ3) is 11.9. The summed E-state index contributed by atoms with van der Waals surface area (Å²) in [6.45, 7) is 2.25. The highest BCUT2D eigenvalue weighted by Gasteiger charge is 2.19. The number of carbonyl (C=O) groups is 1. The van der Waals surface area contributed by atoms with Crippen molar-refractivity contribution in [1.29, 1.82) is 0 Å². The van der Waals surface area contributed by atoms with Gasteiger partial charge in [-0.3, -0.25) is 25.0 Å². The average Bonchev–Trinajstić information content (AvgIpc) is 3.00.